The fourth-order valence-electron chi connectivity index (χ4n) is 1.45. The lowest BCUT2D eigenvalue weighted by Gasteiger charge is -2.24. The molecule has 0 saturated carbocycles. The van der Waals surface area contributed by atoms with E-state index in [2.05, 4.69) is 11.0 Å². The number of likely N-dealkylation sites (tertiary alicyclic amines) is 1. The number of piperidine rings is 1. The molecule has 0 aromatic rings. The second-order valence-electron chi connectivity index (χ2n) is 3.36. The van der Waals surface area contributed by atoms with Crippen molar-refractivity contribution in [2.24, 2.45) is 0 Å². The van der Waals surface area contributed by atoms with Crippen LogP contribution in [0.4, 0.5) is 0 Å². The van der Waals surface area contributed by atoms with Gasteiger partial charge in [0.25, 0.3) is 0 Å². The Kier molecular flexibility index (Phi) is 3.83. The zero-order chi connectivity index (χ0) is 8.81. The van der Waals surface area contributed by atoms with Crippen molar-refractivity contribution in [2.45, 2.75) is 26.2 Å². The van der Waals surface area contributed by atoms with Gasteiger partial charge in [-0.2, -0.15) is 5.26 Å². The Balaban J connectivity index is 2.26. The molecule has 0 atom stereocenters. The van der Waals surface area contributed by atoms with Gasteiger partial charge in [0.1, 0.15) is 0 Å². The van der Waals surface area contributed by atoms with Gasteiger partial charge in [0.05, 0.1) is 6.07 Å². The molecule has 0 amide bonds. The van der Waals surface area contributed by atoms with Crippen molar-refractivity contribution in [1.29, 1.82) is 5.26 Å². The Morgan fingerprint density at radius 1 is 1.42 bits per heavy atom. The molecule has 1 saturated heterocycles. The summed E-state index contributed by atoms with van der Waals surface area (Å²) in [7, 11) is 0. The number of allylic oxidation sites excluding steroid dienone is 1. The van der Waals surface area contributed by atoms with Crippen LogP contribution in [0.25, 0.3) is 0 Å². The van der Waals surface area contributed by atoms with E-state index in [1.807, 2.05) is 13.0 Å². The molecular weight excluding hydrogens is 148 g/mol. The van der Waals surface area contributed by atoms with Crippen molar-refractivity contribution in [3.05, 3.63) is 11.6 Å². The van der Waals surface area contributed by atoms with Crippen molar-refractivity contribution in [3.8, 4) is 6.07 Å². The van der Waals surface area contributed by atoms with Gasteiger partial charge in [-0.05, 0) is 32.9 Å². The first kappa shape index (κ1) is 9.28. The second-order valence-corrected chi connectivity index (χ2v) is 3.36. The molecule has 1 fully saturated rings. The van der Waals surface area contributed by atoms with E-state index in [9.17, 15) is 0 Å². The Morgan fingerprint density at radius 3 is 2.67 bits per heavy atom. The van der Waals surface area contributed by atoms with E-state index in [0.717, 1.165) is 12.1 Å². The maximum Gasteiger partial charge on any atom is 0.0941 e. The third-order valence-electron chi connectivity index (χ3n) is 2.28. The number of nitriles is 1. The number of hydrogen-bond donors (Lipinski definition) is 0. The van der Waals surface area contributed by atoms with Crippen molar-refractivity contribution >= 4 is 0 Å². The van der Waals surface area contributed by atoms with Gasteiger partial charge in [-0.25, -0.2) is 0 Å². The van der Waals surface area contributed by atoms with Crippen LogP contribution in [0.15, 0.2) is 11.6 Å². The number of nitrogens with zero attached hydrogens (tertiary/aromatic N) is 2. The maximum atomic E-state index is 8.53. The predicted molar refractivity (Wildman–Crippen MR) is 49.7 cm³/mol. The molecule has 2 nitrogen and oxygen atoms in total. The second kappa shape index (κ2) is 4.95. The highest BCUT2D eigenvalue weighted by Gasteiger charge is 2.07. The highest BCUT2D eigenvalue weighted by Crippen LogP contribution is 2.08. The summed E-state index contributed by atoms with van der Waals surface area (Å²) < 4.78 is 0. The molecule has 0 radical (unpaired) electrons. The minimum Gasteiger partial charge on any atom is -0.300 e. The van der Waals surface area contributed by atoms with Crippen LogP contribution >= 0.6 is 0 Å². The molecule has 1 rings (SSSR count). The first-order valence-corrected chi connectivity index (χ1v) is 4.62. The standard InChI is InChI=1S/C10H16N2/c1-10(9-11)5-8-12-6-3-2-4-7-12/h5H,2-4,6-8H2,1H3. The monoisotopic (exact) mass is 164 g/mol. The lowest BCUT2D eigenvalue weighted by atomic mass is 10.1. The summed E-state index contributed by atoms with van der Waals surface area (Å²) in [4.78, 5) is 2.41. The van der Waals surface area contributed by atoms with E-state index in [0.29, 0.717) is 0 Å². The molecule has 0 N–H and O–H groups in total. The molecule has 66 valence electrons. The van der Waals surface area contributed by atoms with E-state index in [4.69, 9.17) is 5.26 Å². The van der Waals surface area contributed by atoms with Gasteiger partial charge in [-0.15, -0.1) is 0 Å². The van der Waals surface area contributed by atoms with Crippen LogP contribution < -0.4 is 0 Å². The van der Waals surface area contributed by atoms with Gasteiger partial charge in [-0.3, -0.25) is 4.90 Å². The highest BCUT2D eigenvalue weighted by molar-refractivity contribution is 5.17. The lowest BCUT2D eigenvalue weighted by molar-refractivity contribution is 0.251. The van der Waals surface area contributed by atoms with Crippen LogP contribution in [-0.4, -0.2) is 24.5 Å². The quantitative estimate of drug-likeness (QED) is 0.583. The van der Waals surface area contributed by atoms with Crippen molar-refractivity contribution < 1.29 is 0 Å². The van der Waals surface area contributed by atoms with Gasteiger partial charge in [-0.1, -0.05) is 12.5 Å². The van der Waals surface area contributed by atoms with Gasteiger partial charge < -0.3 is 0 Å². The Hall–Kier alpha value is -0.810. The summed E-state index contributed by atoms with van der Waals surface area (Å²) >= 11 is 0. The van der Waals surface area contributed by atoms with E-state index >= 15 is 0 Å². The summed E-state index contributed by atoms with van der Waals surface area (Å²) in [6.07, 6.45) is 6.03. The molecule has 0 bridgehead atoms. The third-order valence-corrected chi connectivity index (χ3v) is 2.28. The SMILES string of the molecule is CC(C#N)=CCN1CCCCC1. The van der Waals surface area contributed by atoms with Crippen molar-refractivity contribution in [3.63, 3.8) is 0 Å². The first-order chi connectivity index (χ1) is 5.83. The fourth-order valence-corrected chi connectivity index (χ4v) is 1.45. The minimum atomic E-state index is 0.834. The average Bonchev–Trinajstić information content (AvgIpc) is 2.16. The Labute approximate surface area is 74.5 Å². The van der Waals surface area contributed by atoms with Crippen molar-refractivity contribution in [1.82, 2.24) is 4.90 Å². The van der Waals surface area contributed by atoms with Crippen LogP contribution in [0.1, 0.15) is 26.2 Å². The molecule has 0 spiro atoms. The summed E-state index contributed by atoms with van der Waals surface area (Å²) in [5.74, 6) is 0. The average molecular weight is 164 g/mol. The molecule has 1 aliphatic heterocycles. The summed E-state index contributed by atoms with van der Waals surface area (Å²) in [6, 6.07) is 2.14. The van der Waals surface area contributed by atoms with E-state index in [1.165, 1.54) is 32.4 Å². The summed E-state index contributed by atoms with van der Waals surface area (Å²) in [5, 5.41) is 8.53. The first-order valence-electron chi connectivity index (χ1n) is 4.62. The molecule has 0 unspecified atom stereocenters. The van der Waals surface area contributed by atoms with E-state index < -0.39 is 0 Å². The fraction of sp³-hybridized carbons (Fsp3) is 0.700. The zero-order valence-corrected chi connectivity index (χ0v) is 7.71. The van der Waals surface area contributed by atoms with Gasteiger partial charge in [0, 0.05) is 12.1 Å². The number of rotatable bonds is 2. The van der Waals surface area contributed by atoms with Gasteiger partial charge >= 0.3 is 0 Å². The molecule has 2 heteroatoms. The Bertz CT molecular complexity index is 194. The largest absolute Gasteiger partial charge is 0.300 e. The molecule has 0 aromatic carbocycles. The third kappa shape index (κ3) is 3.06. The van der Waals surface area contributed by atoms with Gasteiger partial charge in [0.15, 0.2) is 0 Å². The van der Waals surface area contributed by atoms with Crippen LogP contribution in [0, 0.1) is 11.3 Å². The summed E-state index contributed by atoms with van der Waals surface area (Å²) in [6.45, 7) is 5.23. The molecule has 12 heavy (non-hydrogen) atoms. The smallest absolute Gasteiger partial charge is 0.0941 e. The summed E-state index contributed by atoms with van der Waals surface area (Å²) in [5.41, 5.74) is 0.834. The van der Waals surface area contributed by atoms with Crippen LogP contribution in [-0.2, 0) is 0 Å². The Morgan fingerprint density at radius 2 is 2.08 bits per heavy atom. The molecule has 0 aliphatic carbocycles. The van der Waals surface area contributed by atoms with Crippen molar-refractivity contribution in [2.75, 3.05) is 19.6 Å². The van der Waals surface area contributed by atoms with Crippen LogP contribution in [0.5, 0.6) is 0 Å². The van der Waals surface area contributed by atoms with Gasteiger partial charge in [0.2, 0.25) is 0 Å². The minimum absolute atomic E-state index is 0.834. The highest BCUT2D eigenvalue weighted by atomic mass is 15.1. The molecule has 0 aromatic heterocycles. The normalized spacial score (nSPS) is 20.5. The van der Waals surface area contributed by atoms with Crippen LogP contribution in [0.2, 0.25) is 0 Å². The van der Waals surface area contributed by atoms with E-state index in [1.54, 1.807) is 0 Å². The topological polar surface area (TPSA) is 27.0 Å². The molecular formula is C10H16N2. The maximum absolute atomic E-state index is 8.53. The predicted octanol–water partition coefficient (Wildman–Crippen LogP) is 1.94. The molecule has 1 aliphatic rings. The zero-order valence-electron chi connectivity index (χ0n) is 7.71. The van der Waals surface area contributed by atoms with E-state index in [-0.39, 0.29) is 0 Å². The molecule has 1 heterocycles. The van der Waals surface area contributed by atoms with Crippen LogP contribution in [0.3, 0.4) is 0 Å². The number of hydrogen-bond acceptors (Lipinski definition) is 2. The lowest BCUT2D eigenvalue weighted by Crippen LogP contribution is -2.29.